The molecule has 0 unspecified atom stereocenters. The van der Waals surface area contributed by atoms with Crippen molar-refractivity contribution < 1.29 is 19.1 Å². The summed E-state index contributed by atoms with van der Waals surface area (Å²) in [5.41, 5.74) is 2.73. The highest BCUT2D eigenvalue weighted by Gasteiger charge is 2.48. The number of hydrogen-bond acceptors (Lipinski definition) is 6. The van der Waals surface area contributed by atoms with E-state index in [1.807, 2.05) is 47.2 Å². The largest absolute Gasteiger partial charge is 0.465 e. The fraction of sp³-hybridized carbons (Fsp3) is 0.409. The van der Waals surface area contributed by atoms with Crippen molar-refractivity contribution >= 4 is 40.2 Å². The van der Waals surface area contributed by atoms with Gasteiger partial charge in [-0.25, -0.2) is 4.98 Å². The van der Waals surface area contributed by atoms with Crippen LogP contribution in [0.5, 0.6) is 0 Å². The number of benzene rings is 1. The smallest absolute Gasteiger partial charge is 0.321 e. The summed E-state index contributed by atoms with van der Waals surface area (Å²) in [5.74, 6) is -1.17. The highest BCUT2D eigenvalue weighted by molar-refractivity contribution is 7.10. The monoisotopic (exact) mass is 427 g/mol. The number of amides is 1. The van der Waals surface area contributed by atoms with Crippen LogP contribution in [0.15, 0.2) is 35.7 Å². The van der Waals surface area contributed by atoms with Crippen molar-refractivity contribution in [3.8, 4) is 0 Å². The second-order valence-electron chi connectivity index (χ2n) is 7.25. The number of carbonyl (C=O) groups excluding carboxylic acids is 2. The second kappa shape index (κ2) is 8.57. The number of anilines is 1. The van der Waals surface area contributed by atoms with Crippen LogP contribution in [0.4, 0.5) is 5.95 Å². The zero-order valence-electron chi connectivity index (χ0n) is 17.3. The van der Waals surface area contributed by atoms with E-state index in [4.69, 9.17) is 14.5 Å². The predicted molar refractivity (Wildman–Crippen MR) is 116 cm³/mol. The number of nitrogens with zero attached hydrogens (tertiary/aromatic N) is 3. The first-order chi connectivity index (χ1) is 14.6. The van der Waals surface area contributed by atoms with Crippen LogP contribution in [-0.2, 0) is 19.1 Å². The molecular weight excluding hydrogens is 402 g/mol. The van der Waals surface area contributed by atoms with Crippen molar-refractivity contribution in [1.29, 1.82) is 0 Å². The van der Waals surface area contributed by atoms with E-state index in [0.717, 1.165) is 21.5 Å². The quantitative estimate of drug-likeness (QED) is 0.327. The Kier molecular flexibility index (Phi) is 5.87. The first-order valence-corrected chi connectivity index (χ1v) is 10.9. The van der Waals surface area contributed by atoms with E-state index >= 15 is 0 Å². The Bertz CT molecular complexity index is 1070. The topological polar surface area (TPSA) is 73.7 Å². The van der Waals surface area contributed by atoms with Gasteiger partial charge in [0.25, 0.3) is 0 Å². The lowest BCUT2D eigenvalue weighted by Crippen LogP contribution is -2.50. The summed E-state index contributed by atoms with van der Waals surface area (Å²) in [7, 11) is 1.63. The van der Waals surface area contributed by atoms with Gasteiger partial charge in [-0.2, -0.15) is 0 Å². The number of hydrogen-bond donors (Lipinski definition) is 0. The summed E-state index contributed by atoms with van der Waals surface area (Å²) < 4.78 is 12.6. The van der Waals surface area contributed by atoms with Gasteiger partial charge in [-0.15, -0.1) is 11.3 Å². The third-order valence-corrected chi connectivity index (χ3v) is 6.48. The van der Waals surface area contributed by atoms with Crippen molar-refractivity contribution in [3.05, 3.63) is 46.2 Å². The van der Waals surface area contributed by atoms with Gasteiger partial charge >= 0.3 is 5.97 Å². The molecule has 8 heteroatoms. The number of ether oxygens (including phenoxy) is 2. The summed E-state index contributed by atoms with van der Waals surface area (Å²) in [6.07, 6.45) is 0.643. The summed E-state index contributed by atoms with van der Waals surface area (Å²) in [4.78, 5) is 34.0. The number of rotatable bonds is 7. The van der Waals surface area contributed by atoms with E-state index in [-0.39, 0.29) is 12.5 Å². The molecule has 2 atom stereocenters. The van der Waals surface area contributed by atoms with Gasteiger partial charge in [0.05, 0.1) is 23.7 Å². The van der Waals surface area contributed by atoms with E-state index in [9.17, 15) is 9.59 Å². The van der Waals surface area contributed by atoms with Gasteiger partial charge in [0.15, 0.2) is 5.92 Å². The van der Waals surface area contributed by atoms with E-state index in [2.05, 4.69) is 0 Å². The van der Waals surface area contributed by atoms with Gasteiger partial charge in [-0.3, -0.25) is 19.1 Å². The van der Waals surface area contributed by atoms with Crippen LogP contribution in [0, 0.1) is 12.8 Å². The number of imidazole rings is 1. The summed E-state index contributed by atoms with van der Waals surface area (Å²) in [6.45, 7) is 4.91. The third kappa shape index (κ3) is 3.40. The third-order valence-electron chi connectivity index (χ3n) is 5.39. The molecule has 30 heavy (non-hydrogen) atoms. The highest BCUT2D eigenvalue weighted by atomic mass is 32.1. The number of para-hydroxylation sites is 2. The summed E-state index contributed by atoms with van der Waals surface area (Å²) >= 11 is 1.55. The number of carbonyl (C=O) groups is 2. The van der Waals surface area contributed by atoms with Crippen molar-refractivity contribution in [1.82, 2.24) is 9.55 Å². The van der Waals surface area contributed by atoms with Gasteiger partial charge in [-0.1, -0.05) is 12.1 Å². The normalized spacial score (nSPS) is 18.6. The molecule has 3 heterocycles. The van der Waals surface area contributed by atoms with Gasteiger partial charge in [-0.05, 0) is 49.4 Å². The Morgan fingerprint density at radius 2 is 2.07 bits per heavy atom. The summed E-state index contributed by atoms with van der Waals surface area (Å²) in [6, 6.07) is 9.30. The van der Waals surface area contributed by atoms with E-state index < -0.39 is 17.9 Å². The molecule has 1 amide bonds. The van der Waals surface area contributed by atoms with Crippen LogP contribution in [0.2, 0.25) is 0 Å². The number of fused-ring (bicyclic) bond motifs is 3. The Morgan fingerprint density at radius 1 is 1.27 bits per heavy atom. The molecule has 4 rings (SSSR count). The molecule has 0 saturated carbocycles. The van der Waals surface area contributed by atoms with Gasteiger partial charge in [0, 0.05) is 25.1 Å². The lowest BCUT2D eigenvalue weighted by molar-refractivity contribution is -0.153. The average Bonchev–Trinajstić information content (AvgIpc) is 3.33. The van der Waals surface area contributed by atoms with Crippen LogP contribution in [-0.4, -0.2) is 48.3 Å². The van der Waals surface area contributed by atoms with Crippen LogP contribution >= 0.6 is 11.3 Å². The molecule has 0 radical (unpaired) electrons. The molecule has 1 aliphatic rings. The molecule has 1 aliphatic heterocycles. The lowest BCUT2D eigenvalue weighted by Gasteiger charge is -2.37. The number of esters is 1. The Morgan fingerprint density at radius 3 is 2.77 bits per heavy atom. The maximum Gasteiger partial charge on any atom is 0.321 e. The zero-order chi connectivity index (χ0) is 21.3. The molecule has 0 bridgehead atoms. The van der Waals surface area contributed by atoms with Crippen molar-refractivity contribution in [3.63, 3.8) is 0 Å². The van der Waals surface area contributed by atoms with E-state index in [0.29, 0.717) is 25.5 Å². The predicted octanol–water partition coefficient (Wildman–Crippen LogP) is 3.56. The number of aromatic nitrogens is 2. The van der Waals surface area contributed by atoms with Gasteiger partial charge in [0.2, 0.25) is 11.9 Å². The number of thiophene rings is 1. The number of aryl methyl sites for hydroxylation is 1. The van der Waals surface area contributed by atoms with E-state index in [1.54, 1.807) is 30.3 Å². The fourth-order valence-electron chi connectivity index (χ4n) is 4.04. The minimum atomic E-state index is -0.963. The van der Waals surface area contributed by atoms with Crippen molar-refractivity contribution in [2.75, 3.05) is 31.8 Å². The Hall–Kier alpha value is -2.71. The molecule has 158 valence electrons. The molecular formula is C22H25N3O4S. The molecule has 1 aromatic carbocycles. The van der Waals surface area contributed by atoms with Crippen LogP contribution in [0.3, 0.4) is 0 Å². The fourth-order valence-corrected chi connectivity index (χ4v) is 5.10. The minimum absolute atomic E-state index is 0.222. The van der Waals surface area contributed by atoms with Crippen LogP contribution < -0.4 is 4.90 Å². The molecule has 0 N–H and O–H groups in total. The molecule has 0 spiro atoms. The molecule has 0 aliphatic carbocycles. The Balaban J connectivity index is 1.94. The highest BCUT2D eigenvalue weighted by Crippen LogP contribution is 2.43. The van der Waals surface area contributed by atoms with E-state index in [1.165, 1.54) is 0 Å². The van der Waals surface area contributed by atoms with Crippen LogP contribution in [0.25, 0.3) is 11.0 Å². The van der Waals surface area contributed by atoms with Crippen molar-refractivity contribution in [2.24, 2.45) is 5.92 Å². The van der Waals surface area contributed by atoms with Crippen LogP contribution in [0.1, 0.15) is 29.8 Å². The molecule has 2 aromatic heterocycles. The SMILES string of the molecule is CCOC(=O)[C@@H]1C(=O)N(CCCOC)c2nc3ccccc3n2[C@@H]1c1sccc1C. The average molecular weight is 428 g/mol. The molecule has 3 aromatic rings. The maximum atomic E-state index is 13.6. The summed E-state index contributed by atoms with van der Waals surface area (Å²) in [5, 5.41) is 1.99. The molecule has 0 fully saturated rings. The van der Waals surface area contributed by atoms with Crippen molar-refractivity contribution in [2.45, 2.75) is 26.3 Å². The standard InChI is InChI=1S/C22H25N3O4S/c1-4-29-21(27)17-18(19-14(2)10-13-30-19)25-16-9-6-5-8-15(16)23-22(25)24(20(17)26)11-7-12-28-3/h5-6,8-10,13,17-18H,4,7,11-12H2,1-3H3/t17-,18-/m0/s1. The number of methoxy groups -OCH3 is 1. The minimum Gasteiger partial charge on any atom is -0.465 e. The Labute approximate surface area is 179 Å². The second-order valence-corrected chi connectivity index (χ2v) is 8.20. The first-order valence-electron chi connectivity index (χ1n) is 10.1. The molecule has 7 nitrogen and oxygen atoms in total. The zero-order valence-corrected chi connectivity index (χ0v) is 18.1. The lowest BCUT2D eigenvalue weighted by atomic mass is 9.92. The van der Waals surface area contributed by atoms with Gasteiger partial charge in [0.1, 0.15) is 0 Å². The van der Waals surface area contributed by atoms with Gasteiger partial charge < -0.3 is 9.47 Å². The first kappa shape index (κ1) is 20.6. The maximum absolute atomic E-state index is 13.6. The molecule has 0 saturated heterocycles.